The van der Waals surface area contributed by atoms with Crippen LogP contribution in [-0.4, -0.2) is 31.0 Å². The molecule has 162 valence electrons. The molecule has 0 saturated carbocycles. The zero-order chi connectivity index (χ0) is 22.4. The molecule has 32 heavy (non-hydrogen) atoms. The minimum absolute atomic E-state index is 0.0482. The van der Waals surface area contributed by atoms with Gasteiger partial charge >= 0.3 is 0 Å². The summed E-state index contributed by atoms with van der Waals surface area (Å²) in [4.78, 5) is 30.5. The van der Waals surface area contributed by atoms with Crippen molar-refractivity contribution in [3.05, 3.63) is 76.0 Å². The van der Waals surface area contributed by atoms with Crippen molar-refractivity contribution < 1.29 is 9.18 Å². The van der Waals surface area contributed by atoms with E-state index in [1.54, 1.807) is 21.4 Å². The first kappa shape index (κ1) is 20.4. The van der Waals surface area contributed by atoms with Crippen molar-refractivity contribution in [2.75, 3.05) is 11.1 Å². The van der Waals surface area contributed by atoms with Crippen molar-refractivity contribution >= 4 is 34.4 Å². The van der Waals surface area contributed by atoms with Crippen molar-refractivity contribution in [3.8, 4) is 5.69 Å². The number of hydrogen-bond acceptors (Lipinski definition) is 5. The molecule has 0 radical (unpaired) electrons. The van der Waals surface area contributed by atoms with Crippen LogP contribution in [0.15, 0.2) is 58.6 Å². The Hall–Kier alpha value is -3.46. The lowest BCUT2D eigenvalue weighted by Crippen LogP contribution is -2.28. The Morgan fingerprint density at radius 3 is 2.84 bits per heavy atom. The maximum absolute atomic E-state index is 13.8. The van der Waals surface area contributed by atoms with Crippen LogP contribution < -0.4 is 10.9 Å². The van der Waals surface area contributed by atoms with Crippen molar-refractivity contribution in [2.24, 2.45) is 0 Å². The SMILES string of the molecule is Cc1ccc(-n2ncc3c(=O)n4c(nc32)SCC4CC(=O)Nc2ccccc2F)c(C)c1. The molecule has 1 unspecified atom stereocenters. The van der Waals surface area contributed by atoms with Gasteiger partial charge in [0.25, 0.3) is 5.56 Å². The normalized spacial score (nSPS) is 15.2. The standard InChI is InChI=1S/C23H20FN5O2S/c1-13-7-8-19(14(2)9-13)29-21-16(11-25-29)22(31)28-15(12-32-23(28)27-21)10-20(30)26-18-6-4-3-5-17(18)24/h3-9,11,15H,10,12H2,1-2H3,(H,26,30). The number of benzene rings is 2. The van der Waals surface area contributed by atoms with E-state index in [-0.39, 0.29) is 29.6 Å². The van der Waals surface area contributed by atoms with Gasteiger partial charge in [0.05, 0.1) is 23.6 Å². The number of nitrogens with zero attached hydrogens (tertiary/aromatic N) is 4. The maximum Gasteiger partial charge on any atom is 0.265 e. The van der Waals surface area contributed by atoms with Gasteiger partial charge in [0, 0.05) is 12.2 Å². The van der Waals surface area contributed by atoms with Crippen molar-refractivity contribution in [2.45, 2.75) is 31.5 Å². The highest BCUT2D eigenvalue weighted by Crippen LogP contribution is 2.34. The number of hydrogen-bond donors (Lipinski definition) is 1. The Balaban J connectivity index is 1.47. The molecule has 1 amide bonds. The number of halogens is 1. The largest absolute Gasteiger partial charge is 0.324 e. The highest BCUT2D eigenvalue weighted by molar-refractivity contribution is 7.99. The molecule has 2 aromatic carbocycles. The second-order valence-corrected chi connectivity index (χ2v) is 8.84. The Morgan fingerprint density at radius 1 is 1.25 bits per heavy atom. The summed E-state index contributed by atoms with van der Waals surface area (Å²) in [6.45, 7) is 4.02. The van der Waals surface area contributed by atoms with E-state index in [1.165, 1.54) is 30.1 Å². The van der Waals surface area contributed by atoms with E-state index in [4.69, 9.17) is 4.98 Å². The van der Waals surface area contributed by atoms with Crippen LogP contribution in [0.1, 0.15) is 23.6 Å². The number of carbonyl (C=O) groups excluding carboxylic acids is 1. The Bertz CT molecular complexity index is 1430. The fraction of sp³-hybridized carbons (Fsp3) is 0.217. The van der Waals surface area contributed by atoms with Gasteiger partial charge < -0.3 is 5.32 Å². The summed E-state index contributed by atoms with van der Waals surface area (Å²) >= 11 is 1.43. The summed E-state index contributed by atoms with van der Waals surface area (Å²) in [5.41, 5.74) is 3.44. The lowest BCUT2D eigenvalue weighted by atomic mass is 10.1. The van der Waals surface area contributed by atoms with Gasteiger partial charge in [-0.3, -0.25) is 14.2 Å². The van der Waals surface area contributed by atoms with Crippen molar-refractivity contribution in [1.82, 2.24) is 19.3 Å². The molecule has 1 aliphatic rings. The third-order valence-corrected chi connectivity index (χ3v) is 6.62. The lowest BCUT2D eigenvalue weighted by molar-refractivity contribution is -0.116. The molecule has 5 rings (SSSR count). The fourth-order valence-electron chi connectivity index (χ4n) is 3.98. The summed E-state index contributed by atoms with van der Waals surface area (Å²) in [7, 11) is 0. The molecule has 4 aromatic rings. The lowest BCUT2D eigenvalue weighted by Gasteiger charge is -2.14. The molecule has 1 atom stereocenters. The number of amides is 1. The Morgan fingerprint density at radius 2 is 2.06 bits per heavy atom. The topological polar surface area (TPSA) is 81.8 Å². The first-order valence-corrected chi connectivity index (χ1v) is 11.2. The number of anilines is 1. The average Bonchev–Trinajstić information content (AvgIpc) is 3.35. The average molecular weight is 450 g/mol. The molecule has 0 spiro atoms. The predicted molar refractivity (Wildman–Crippen MR) is 122 cm³/mol. The van der Waals surface area contributed by atoms with Crippen LogP contribution in [0, 0.1) is 19.7 Å². The van der Waals surface area contributed by atoms with Gasteiger partial charge in [-0.25, -0.2) is 14.1 Å². The van der Waals surface area contributed by atoms with Crippen LogP contribution in [0.25, 0.3) is 16.7 Å². The maximum atomic E-state index is 13.8. The summed E-state index contributed by atoms with van der Waals surface area (Å²) in [6, 6.07) is 11.7. The van der Waals surface area contributed by atoms with E-state index in [0.29, 0.717) is 21.9 Å². The van der Waals surface area contributed by atoms with E-state index in [1.807, 2.05) is 26.0 Å². The van der Waals surface area contributed by atoms with E-state index in [2.05, 4.69) is 16.5 Å². The van der Waals surface area contributed by atoms with Gasteiger partial charge in [-0.1, -0.05) is 41.6 Å². The smallest absolute Gasteiger partial charge is 0.265 e. The van der Waals surface area contributed by atoms with Gasteiger partial charge in [0.2, 0.25) is 5.91 Å². The third kappa shape index (κ3) is 3.48. The molecule has 0 aliphatic carbocycles. The fourth-order valence-corrected chi connectivity index (χ4v) is 5.11. The molecule has 3 heterocycles. The number of carbonyl (C=O) groups is 1. The monoisotopic (exact) mass is 449 g/mol. The van der Waals surface area contributed by atoms with E-state index in [9.17, 15) is 14.0 Å². The molecule has 1 aliphatic heterocycles. The zero-order valence-electron chi connectivity index (χ0n) is 17.5. The molecular formula is C23H20FN5O2S. The van der Waals surface area contributed by atoms with Gasteiger partial charge in [0.1, 0.15) is 11.2 Å². The molecule has 0 bridgehead atoms. The second kappa shape index (κ2) is 7.90. The van der Waals surface area contributed by atoms with Crippen molar-refractivity contribution in [1.29, 1.82) is 0 Å². The molecule has 9 heteroatoms. The summed E-state index contributed by atoms with van der Waals surface area (Å²) in [5, 5.41) is 7.96. The number of thioether (sulfide) groups is 1. The molecule has 0 saturated heterocycles. The van der Waals surface area contributed by atoms with Gasteiger partial charge in [-0.2, -0.15) is 5.10 Å². The summed E-state index contributed by atoms with van der Waals surface area (Å²) in [5.74, 6) is -0.316. The van der Waals surface area contributed by atoms with Gasteiger partial charge in [-0.15, -0.1) is 0 Å². The number of nitrogens with one attached hydrogen (secondary N) is 1. The van der Waals surface area contributed by atoms with Crippen molar-refractivity contribution in [3.63, 3.8) is 0 Å². The first-order chi connectivity index (χ1) is 15.4. The highest BCUT2D eigenvalue weighted by Gasteiger charge is 2.30. The minimum Gasteiger partial charge on any atom is -0.324 e. The summed E-state index contributed by atoms with van der Waals surface area (Å²) in [6.07, 6.45) is 1.57. The number of aryl methyl sites for hydroxylation is 2. The van der Waals surface area contributed by atoms with Crippen LogP contribution in [0.5, 0.6) is 0 Å². The first-order valence-electron chi connectivity index (χ1n) is 10.2. The van der Waals surface area contributed by atoms with Gasteiger partial charge in [-0.05, 0) is 37.6 Å². The van der Waals surface area contributed by atoms with Crippen LogP contribution in [-0.2, 0) is 4.79 Å². The number of fused-ring (bicyclic) bond motifs is 2. The van der Waals surface area contributed by atoms with Crippen LogP contribution in [0.3, 0.4) is 0 Å². The molecular weight excluding hydrogens is 429 g/mol. The van der Waals surface area contributed by atoms with E-state index < -0.39 is 5.82 Å². The quantitative estimate of drug-likeness (QED) is 0.476. The second-order valence-electron chi connectivity index (χ2n) is 7.85. The van der Waals surface area contributed by atoms with Crippen LogP contribution in [0.2, 0.25) is 0 Å². The van der Waals surface area contributed by atoms with Crippen LogP contribution >= 0.6 is 11.8 Å². The van der Waals surface area contributed by atoms with Gasteiger partial charge in [0.15, 0.2) is 10.8 Å². The molecule has 0 fully saturated rings. The Kier molecular flexibility index (Phi) is 5.05. The highest BCUT2D eigenvalue weighted by atomic mass is 32.2. The third-order valence-electron chi connectivity index (χ3n) is 5.52. The van der Waals surface area contributed by atoms with E-state index in [0.717, 1.165) is 16.8 Å². The van der Waals surface area contributed by atoms with Crippen LogP contribution in [0.4, 0.5) is 10.1 Å². The zero-order valence-corrected chi connectivity index (χ0v) is 18.3. The predicted octanol–water partition coefficient (Wildman–Crippen LogP) is 4.01. The minimum atomic E-state index is -0.499. The molecule has 7 nitrogen and oxygen atoms in total. The number of rotatable bonds is 4. The molecule has 1 N–H and O–H groups in total. The summed E-state index contributed by atoms with van der Waals surface area (Å²) < 4.78 is 17.1. The number of aromatic nitrogens is 4. The Labute approximate surface area is 187 Å². The number of para-hydroxylation sites is 1. The van der Waals surface area contributed by atoms with E-state index >= 15 is 0 Å². The molecule has 2 aromatic heterocycles.